The molecule has 0 spiro atoms. The van der Waals surface area contributed by atoms with Crippen molar-refractivity contribution in [1.29, 1.82) is 0 Å². The van der Waals surface area contributed by atoms with Crippen molar-refractivity contribution in [2.75, 3.05) is 5.32 Å². The SMILES string of the molecule is Cn1nc(C(C)(C)C)cc1NC(=O)c1ccc(F)cc1Cl. The van der Waals surface area contributed by atoms with Gasteiger partial charge in [-0.15, -0.1) is 0 Å². The summed E-state index contributed by atoms with van der Waals surface area (Å²) in [6.07, 6.45) is 0. The number of anilines is 1. The van der Waals surface area contributed by atoms with Crippen LogP contribution in [-0.4, -0.2) is 15.7 Å². The highest BCUT2D eigenvalue weighted by Gasteiger charge is 2.20. The minimum atomic E-state index is -0.480. The van der Waals surface area contributed by atoms with Crippen molar-refractivity contribution in [2.24, 2.45) is 7.05 Å². The molecule has 0 radical (unpaired) electrons. The Hall–Kier alpha value is -1.88. The van der Waals surface area contributed by atoms with Crippen molar-refractivity contribution in [3.63, 3.8) is 0 Å². The summed E-state index contributed by atoms with van der Waals surface area (Å²) >= 11 is 5.88. The molecule has 21 heavy (non-hydrogen) atoms. The zero-order valence-electron chi connectivity index (χ0n) is 12.4. The Kier molecular flexibility index (Phi) is 4.05. The summed E-state index contributed by atoms with van der Waals surface area (Å²) in [5.74, 6) is -0.319. The summed E-state index contributed by atoms with van der Waals surface area (Å²) in [4.78, 5) is 12.2. The van der Waals surface area contributed by atoms with E-state index >= 15 is 0 Å². The summed E-state index contributed by atoms with van der Waals surface area (Å²) < 4.78 is 14.6. The number of nitrogens with zero attached hydrogens (tertiary/aromatic N) is 2. The lowest BCUT2D eigenvalue weighted by Gasteiger charge is -2.13. The van der Waals surface area contributed by atoms with Crippen LogP contribution in [0.25, 0.3) is 0 Å². The third-order valence-electron chi connectivity index (χ3n) is 3.07. The van der Waals surface area contributed by atoms with Gasteiger partial charge in [0.15, 0.2) is 0 Å². The van der Waals surface area contributed by atoms with Gasteiger partial charge in [-0.05, 0) is 18.2 Å². The topological polar surface area (TPSA) is 46.9 Å². The molecule has 0 saturated carbocycles. The van der Waals surface area contributed by atoms with Crippen LogP contribution < -0.4 is 5.32 Å². The molecule has 112 valence electrons. The van der Waals surface area contributed by atoms with E-state index in [4.69, 9.17) is 11.6 Å². The Morgan fingerprint density at radius 3 is 2.52 bits per heavy atom. The number of carbonyl (C=O) groups is 1. The molecule has 0 atom stereocenters. The first-order valence-corrected chi connectivity index (χ1v) is 6.87. The van der Waals surface area contributed by atoms with Gasteiger partial charge in [-0.3, -0.25) is 9.48 Å². The molecule has 0 aliphatic heterocycles. The molecular weight excluding hydrogens is 293 g/mol. The van der Waals surface area contributed by atoms with Gasteiger partial charge in [0.1, 0.15) is 11.6 Å². The molecule has 0 unspecified atom stereocenters. The Bertz CT molecular complexity index is 689. The molecule has 0 fully saturated rings. The number of rotatable bonds is 2. The first-order chi connectivity index (χ1) is 9.68. The van der Waals surface area contributed by atoms with Crippen LogP contribution in [-0.2, 0) is 12.5 Å². The monoisotopic (exact) mass is 309 g/mol. The minimum absolute atomic E-state index is 0.0747. The predicted octanol–water partition coefficient (Wildman–Crippen LogP) is 3.76. The molecule has 1 amide bonds. The van der Waals surface area contributed by atoms with E-state index in [1.165, 1.54) is 12.1 Å². The molecule has 1 aromatic carbocycles. The van der Waals surface area contributed by atoms with Crippen molar-refractivity contribution < 1.29 is 9.18 Å². The molecule has 0 saturated heterocycles. The van der Waals surface area contributed by atoms with Gasteiger partial charge in [0.2, 0.25) is 0 Å². The van der Waals surface area contributed by atoms with Crippen molar-refractivity contribution in [3.8, 4) is 0 Å². The van der Waals surface area contributed by atoms with Crippen molar-refractivity contribution >= 4 is 23.3 Å². The van der Waals surface area contributed by atoms with Crippen LogP contribution in [0, 0.1) is 5.82 Å². The average Bonchev–Trinajstić information content (AvgIpc) is 2.70. The Morgan fingerprint density at radius 2 is 2.00 bits per heavy atom. The van der Waals surface area contributed by atoms with Gasteiger partial charge in [0.05, 0.1) is 16.3 Å². The van der Waals surface area contributed by atoms with Gasteiger partial charge in [0, 0.05) is 18.5 Å². The Labute approximate surface area is 127 Å². The predicted molar refractivity (Wildman–Crippen MR) is 81.3 cm³/mol. The maximum atomic E-state index is 13.0. The standard InChI is InChI=1S/C15H17ClFN3O/c1-15(2,3)12-8-13(20(4)19-12)18-14(21)10-6-5-9(17)7-11(10)16/h5-8H,1-4H3,(H,18,21). The normalized spacial score (nSPS) is 11.5. The molecular formula is C15H17ClFN3O. The van der Waals surface area contributed by atoms with E-state index in [1.807, 2.05) is 26.8 Å². The van der Waals surface area contributed by atoms with Gasteiger partial charge in [-0.1, -0.05) is 32.4 Å². The fourth-order valence-corrected chi connectivity index (χ4v) is 2.06. The van der Waals surface area contributed by atoms with E-state index in [1.54, 1.807) is 11.7 Å². The number of halogens is 2. The molecule has 1 aromatic heterocycles. The zero-order chi connectivity index (χ0) is 15.8. The third kappa shape index (κ3) is 3.42. The lowest BCUT2D eigenvalue weighted by atomic mass is 9.92. The van der Waals surface area contributed by atoms with Gasteiger partial charge < -0.3 is 5.32 Å². The molecule has 0 aliphatic rings. The van der Waals surface area contributed by atoms with E-state index in [9.17, 15) is 9.18 Å². The smallest absolute Gasteiger partial charge is 0.258 e. The number of nitrogens with one attached hydrogen (secondary N) is 1. The van der Waals surface area contributed by atoms with E-state index in [-0.39, 0.29) is 16.0 Å². The zero-order valence-corrected chi connectivity index (χ0v) is 13.1. The van der Waals surface area contributed by atoms with Crippen LogP contribution in [0.5, 0.6) is 0 Å². The number of hydrogen-bond donors (Lipinski definition) is 1. The molecule has 1 heterocycles. The summed E-state index contributed by atoms with van der Waals surface area (Å²) in [6, 6.07) is 5.48. The van der Waals surface area contributed by atoms with E-state index in [0.717, 1.165) is 11.8 Å². The number of aryl methyl sites for hydroxylation is 1. The highest BCUT2D eigenvalue weighted by Crippen LogP contribution is 2.24. The lowest BCUT2D eigenvalue weighted by Crippen LogP contribution is -2.15. The van der Waals surface area contributed by atoms with Crippen molar-refractivity contribution in [2.45, 2.75) is 26.2 Å². The fourth-order valence-electron chi connectivity index (χ4n) is 1.81. The minimum Gasteiger partial charge on any atom is -0.307 e. The fraction of sp³-hybridized carbons (Fsp3) is 0.333. The first-order valence-electron chi connectivity index (χ1n) is 6.49. The Morgan fingerprint density at radius 1 is 1.33 bits per heavy atom. The van der Waals surface area contributed by atoms with E-state index in [2.05, 4.69) is 10.4 Å². The molecule has 6 heteroatoms. The van der Waals surface area contributed by atoms with Crippen LogP contribution in [0.1, 0.15) is 36.8 Å². The van der Waals surface area contributed by atoms with Gasteiger partial charge in [0.25, 0.3) is 5.91 Å². The van der Waals surface area contributed by atoms with Gasteiger partial charge >= 0.3 is 0 Å². The van der Waals surface area contributed by atoms with E-state index < -0.39 is 11.7 Å². The maximum Gasteiger partial charge on any atom is 0.258 e. The highest BCUT2D eigenvalue weighted by atomic mass is 35.5. The van der Waals surface area contributed by atoms with Crippen LogP contribution in [0.3, 0.4) is 0 Å². The Balaban J connectivity index is 2.26. The quantitative estimate of drug-likeness (QED) is 0.918. The summed E-state index contributed by atoms with van der Waals surface area (Å²) in [6.45, 7) is 6.12. The number of hydrogen-bond acceptors (Lipinski definition) is 2. The summed E-state index contributed by atoms with van der Waals surface area (Å²) in [5, 5.41) is 7.18. The second-order valence-electron chi connectivity index (χ2n) is 5.87. The second kappa shape index (κ2) is 5.48. The highest BCUT2D eigenvalue weighted by molar-refractivity contribution is 6.34. The van der Waals surface area contributed by atoms with Gasteiger partial charge in [-0.25, -0.2) is 4.39 Å². The molecule has 2 aromatic rings. The van der Waals surface area contributed by atoms with Crippen LogP contribution in [0.2, 0.25) is 5.02 Å². The van der Waals surface area contributed by atoms with Crippen LogP contribution in [0.15, 0.2) is 24.3 Å². The van der Waals surface area contributed by atoms with Crippen LogP contribution in [0.4, 0.5) is 10.2 Å². The number of aromatic nitrogens is 2. The van der Waals surface area contributed by atoms with Crippen molar-refractivity contribution in [3.05, 3.63) is 46.4 Å². The lowest BCUT2D eigenvalue weighted by molar-refractivity contribution is 0.102. The number of amides is 1. The molecule has 1 N–H and O–H groups in total. The molecule has 0 aliphatic carbocycles. The molecule has 4 nitrogen and oxygen atoms in total. The number of benzene rings is 1. The summed E-state index contributed by atoms with van der Waals surface area (Å²) in [7, 11) is 1.75. The second-order valence-corrected chi connectivity index (χ2v) is 6.27. The van der Waals surface area contributed by atoms with E-state index in [0.29, 0.717) is 5.82 Å². The largest absolute Gasteiger partial charge is 0.307 e. The van der Waals surface area contributed by atoms with Crippen molar-refractivity contribution in [1.82, 2.24) is 9.78 Å². The molecule has 2 rings (SSSR count). The van der Waals surface area contributed by atoms with Gasteiger partial charge in [-0.2, -0.15) is 5.10 Å². The average molecular weight is 310 g/mol. The third-order valence-corrected chi connectivity index (χ3v) is 3.38. The maximum absolute atomic E-state index is 13.0. The molecule has 0 bridgehead atoms. The number of carbonyl (C=O) groups excluding carboxylic acids is 1. The first kappa shape index (κ1) is 15.5. The summed E-state index contributed by atoms with van der Waals surface area (Å²) in [5.41, 5.74) is 0.968. The van der Waals surface area contributed by atoms with Crippen LogP contribution >= 0.6 is 11.6 Å².